The number of benzene rings is 1. The minimum Gasteiger partial charge on any atom is -0.455 e. The van der Waals surface area contributed by atoms with E-state index in [1.807, 2.05) is 19.1 Å². The van der Waals surface area contributed by atoms with E-state index in [-0.39, 0.29) is 23.1 Å². The van der Waals surface area contributed by atoms with Crippen molar-refractivity contribution in [2.75, 3.05) is 0 Å². The first-order valence-electron chi connectivity index (χ1n) is 13.4. The first-order chi connectivity index (χ1) is 15.8. The first kappa shape index (κ1) is 20.5. The predicted molar refractivity (Wildman–Crippen MR) is 124 cm³/mol. The molecule has 8 fully saturated rings. The maximum atomic E-state index is 13.3. The number of hydrogen-bond donors (Lipinski definition) is 0. The van der Waals surface area contributed by atoms with E-state index in [0.717, 1.165) is 79.6 Å². The molecule has 0 spiro atoms. The zero-order valence-electron chi connectivity index (χ0n) is 19.8. The van der Waals surface area contributed by atoms with Crippen LogP contribution in [0.2, 0.25) is 0 Å². The molecule has 8 aliphatic rings. The lowest BCUT2D eigenvalue weighted by Gasteiger charge is -2.55. The van der Waals surface area contributed by atoms with Gasteiger partial charge in [-0.15, -0.1) is 0 Å². The van der Waals surface area contributed by atoms with E-state index in [4.69, 9.17) is 9.47 Å². The molecule has 8 bridgehead atoms. The van der Waals surface area contributed by atoms with Gasteiger partial charge >= 0.3 is 11.9 Å². The summed E-state index contributed by atoms with van der Waals surface area (Å²) < 4.78 is 12.5. The first-order valence-corrected chi connectivity index (χ1v) is 13.4. The van der Waals surface area contributed by atoms with E-state index in [1.165, 1.54) is 38.5 Å². The summed E-state index contributed by atoms with van der Waals surface area (Å²) in [7, 11) is 0. The number of carbonyl (C=O) groups excluding carboxylic acids is 2. The fourth-order valence-corrected chi connectivity index (χ4v) is 9.84. The summed E-state index contributed by atoms with van der Waals surface area (Å²) in [5, 5.41) is 0. The molecular weight excluding hydrogens is 412 g/mol. The molecule has 0 radical (unpaired) electrons. The summed E-state index contributed by atoms with van der Waals surface area (Å²) in [6, 6.07) is 5.45. The van der Waals surface area contributed by atoms with Crippen LogP contribution in [-0.2, 0) is 9.47 Å². The maximum absolute atomic E-state index is 13.3. The molecule has 4 heteroatoms. The monoisotopic (exact) mass is 448 g/mol. The predicted octanol–water partition coefficient (Wildman–Crippen LogP) is 6.25. The molecule has 8 aliphatic carbocycles. The van der Waals surface area contributed by atoms with Gasteiger partial charge in [0.15, 0.2) is 0 Å². The maximum Gasteiger partial charge on any atom is 0.338 e. The molecule has 0 aliphatic heterocycles. The molecule has 0 unspecified atom stereocenters. The Bertz CT molecular complexity index is 860. The Morgan fingerprint density at radius 3 is 1.21 bits per heavy atom. The Morgan fingerprint density at radius 1 is 0.606 bits per heavy atom. The van der Waals surface area contributed by atoms with Crippen molar-refractivity contribution >= 4 is 11.9 Å². The van der Waals surface area contributed by atoms with Crippen molar-refractivity contribution < 1.29 is 19.1 Å². The standard InChI is InChI=1S/C29H36O4/c1-17-2-24(26(30)32-28-11-18-4-19(12-28)6-20(5-18)13-28)10-25(3-17)27(31)33-29-14-21-7-22(15-29)9-23(8-21)16-29/h2-3,10,18-23H,4-9,11-16H2,1H3. The molecule has 0 atom stereocenters. The number of hydrogen-bond acceptors (Lipinski definition) is 4. The van der Waals surface area contributed by atoms with Crippen LogP contribution in [-0.4, -0.2) is 23.1 Å². The second-order valence-electron chi connectivity index (χ2n) is 13.1. The molecule has 8 saturated carbocycles. The van der Waals surface area contributed by atoms with Crippen molar-refractivity contribution in [3.8, 4) is 0 Å². The smallest absolute Gasteiger partial charge is 0.338 e. The van der Waals surface area contributed by atoms with Gasteiger partial charge in [0.2, 0.25) is 0 Å². The molecule has 0 amide bonds. The molecular formula is C29H36O4. The van der Waals surface area contributed by atoms with E-state index in [1.54, 1.807) is 6.07 Å². The highest BCUT2D eigenvalue weighted by molar-refractivity contribution is 5.96. The van der Waals surface area contributed by atoms with Gasteiger partial charge in [0, 0.05) is 0 Å². The quantitative estimate of drug-likeness (QED) is 0.511. The normalized spacial score (nSPS) is 44.2. The molecule has 0 saturated heterocycles. The molecule has 0 aromatic heterocycles. The van der Waals surface area contributed by atoms with E-state index in [2.05, 4.69) is 0 Å². The molecule has 33 heavy (non-hydrogen) atoms. The lowest BCUT2D eigenvalue weighted by atomic mass is 9.54. The van der Waals surface area contributed by atoms with Crippen LogP contribution in [0.3, 0.4) is 0 Å². The summed E-state index contributed by atoms with van der Waals surface area (Å²) in [6.45, 7) is 1.95. The molecule has 0 heterocycles. The Kier molecular flexibility index (Phi) is 4.41. The van der Waals surface area contributed by atoms with Crippen LogP contribution >= 0.6 is 0 Å². The van der Waals surface area contributed by atoms with Crippen LogP contribution in [0.5, 0.6) is 0 Å². The minimum absolute atomic E-state index is 0.260. The van der Waals surface area contributed by atoms with Gasteiger partial charge in [-0.05, 0) is 143 Å². The van der Waals surface area contributed by atoms with Gasteiger partial charge in [-0.2, -0.15) is 0 Å². The third-order valence-corrected chi connectivity index (χ3v) is 10.1. The number of ether oxygens (including phenoxy) is 2. The largest absolute Gasteiger partial charge is 0.455 e. The Balaban J connectivity index is 1.10. The van der Waals surface area contributed by atoms with Gasteiger partial charge in [0.1, 0.15) is 11.2 Å². The molecule has 9 rings (SSSR count). The van der Waals surface area contributed by atoms with Gasteiger partial charge < -0.3 is 9.47 Å². The second kappa shape index (κ2) is 7.09. The molecule has 1 aromatic rings. The second-order valence-corrected chi connectivity index (χ2v) is 13.1. The Morgan fingerprint density at radius 2 is 0.909 bits per heavy atom. The highest BCUT2D eigenvalue weighted by atomic mass is 16.6. The van der Waals surface area contributed by atoms with Gasteiger partial charge in [-0.3, -0.25) is 0 Å². The summed E-state index contributed by atoms with van der Waals surface area (Å²) >= 11 is 0. The number of aryl methyl sites for hydroxylation is 1. The summed E-state index contributed by atoms with van der Waals surface area (Å²) in [5.74, 6) is 3.85. The number of rotatable bonds is 4. The highest BCUT2D eigenvalue weighted by Crippen LogP contribution is 2.58. The summed E-state index contributed by atoms with van der Waals surface area (Å²) in [4.78, 5) is 26.6. The van der Waals surface area contributed by atoms with E-state index < -0.39 is 0 Å². The minimum atomic E-state index is -0.268. The third kappa shape index (κ3) is 3.54. The van der Waals surface area contributed by atoms with Crippen LogP contribution in [0.25, 0.3) is 0 Å². The average Bonchev–Trinajstić information content (AvgIpc) is 2.70. The number of esters is 2. The van der Waals surface area contributed by atoms with Crippen LogP contribution in [0.4, 0.5) is 0 Å². The van der Waals surface area contributed by atoms with Crippen molar-refractivity contribution in [2.45, 2.75) is 95.2 Å². The summed E-state index contributed by atoms with van der Waals surface area (Å²) in [6.07, 6.45) is 14.1. The third-order valence-electron chi connectivity index (χ3n) is 10.1. The van der Waals surface area contributed by atoms with Crippen molar-refractivity contribution in [3.05, 3.63) is 34.9 Å². The van der Waals surface area contributed by atoms with Crippen LogP contribution in [0, 0.1) is 42.4 Å². The summed E-state index contributed by atoms with van der Waals surface area (Å²) in [5.41, 5.74) is 1.38. The Hall–Kier alpha value is -1.84. The average molecular weight is 449 g/mol. The SMILES string of the molecule is Cc1cc(C(=O)OC23CC4CC(CC(C4)C2)C3)cc(C(=O)OC23CC4CC(CC(C4)C2)C3)c1. The highest BCUT2D eigenvalue weighted by Gasteiger charge is 2.54. The van der Waals surface area contributed by atoms with Gasteiger partial charge in [-0.25, -0.2) is 9.59 Å². The zero-order chi connectivity index (χ0) is 22.4. The van der Waals surface area contributed by atoms with Crippen molar-refractivity contribution in [3.63, 3.8) is 0 Å². The zero-order valence-corrected chi connectivity index (χ0v) is 19.8. The van der Waals surface area contributed by atoms with Gasteiger partial charge in [0.05, 0.1) is 11.1 Å². The molecule has 4 nitrogen and oxygen atoms in total. The molecule has 1 aromatic carbocycles. The lowest BCUT2D eigenvalue weighted by molar-refractivity contribution is -0.131. The van der Waals surface area contributed by atoms with E-state index in [0.29, 0.717) is 11.1 Å². The lowest BCUT2D eigenvalue weighted by Crippen LogP contribution is -2.52. The topological polar surface area (TPSA) is 52.6 Å². The van der Waals surface area contributed by atoms with Crippen LogP contribution in [0.1, 0.15) is 103 Å². The van der Waals surface area contributed by atoms with E-state index in [9.17, 15) is 9.59 Å². The number of carbonyl (C=O) groups is 2. The van der Waals surface area contributed by atoms with Crippen LogP contribution in [0.15, 0.2) is 18.2 Å². The van der Waals surface area contributed by atoms with Crippen molar-refractivity contribution in [1.29, 1.82) is 0 Å². The van der Waals surface area contributed by atoms with E-state index >= 15 is 0 Å². The fraction of sp³-hybridized carbons (Fsp3) is 0.724. The van der Waals surface area contributed by atoms with Crippen molar-refractivity contribution in [2.24, 2.45) is 35.5 Å². The van der Waals surface area contributed by atoms with Gasteiger partial charge in [-0.1, -0.05) is 0 Å². The molecule has 176 valence electrons. The Labute approximate surface area is 196 Å². The fourth-order valence-electron chi connectivity index (χ4n) is 9.84. The molecule has 0 N–H and O–H groups in total. The van der Waals surface area contributed by atoms with Gasteiger partial charge in [0.25, 0.3) is 0 Å². The van der Waals surface area contributed by atoms with Crippen molar-refractivity contribution in [1.82, 2.24) is 0 Å². The van der Waals surface area contributed by atoms with Crippen LogP contribution < -0.4 is 0 Å².